The number of benzene rings is 2. The molecule has 0 saturated heterocycles. The van der Waals surface area contributed by atoms with Crippen LogP contribution in [0, 0.1) is 0 Å². The first-order valence-corrected chi connectivity index (χ1v) is 9.97. The largest absolute Gasteiger partial charge is 0.378 e. The van der Waals surface area contributed by atoms with Crippen LogP contribution < -0.4 is 20.4 Å². The molecule has 0 unspecified atom stereocenters. The Bertz CT molecular complexity index is 900. The van der Waals surface area contributed by atoms with E-state index in [1.54, 1.807) is 0 Å². The fourth-order valence-electron chi connectivity index (χ4n) is 2.77. The summed E-state index contributed by atoms with van der Waals surface area (Å²) >= 11 is 0. The number of aromatic nitrogens is 3. The van der Waals surface area contributed by atoms with Crippen molar-refractivity contribution >= 4 is 34.6 Å². The van der Waals surface area contributed by atoms with E-state index in [0.29, 0.717) is 11.9 Å². The van der Waals surface area contributed by atoms with Gasteiger partial charge in [-0.1, -0.05) is 20.8 Å². The summed E-state index contributed by atoms with van der Waals surface area (Å²) in [4.78, 5) is 18.0. The van der Waals surface area contributed by atoms with Gasteiger partial charge in [-0.15, -0.1) is 0 Å². The van der Waals surface area contributed by atoms with Crippen LogP contribution in [0.25, 0.3) is 0 Å². The van der Waals surface area contributed by atoms with Crippen molar-refractivity contribution in [2.24, 2.45) is 0 Å². The maximum absolute atomic E-state index is 4.65. The summed E-state index contributed by atoms with van der Waals surface area (Å²) in [5.74, 6) is 1.75. The second kappa shape index (κ2) is 8.57. The average molecular weight is 406 g/mol. The van der Waals surface area contributed by atoms with Gasteiger partial charge in [0.25, 0.3) is 0 Å². The highest BCUT2D eigenvalue weighted by molar-refractivity contribution is 5.62. The molecule has 0 bridgehead atoms. The van der Waals surface area contributed by atoms with Crippen LogP contribution in [0.2, 0.25) is 0 Å². The number of hydrogen-bond acceptors (Lipinski definition) is 7. The molecule has 0 aliphatic rings. The minimum absolute atomic E-state index is 0.209. The highest BCUT2D eigenvalue weighted by Gasteiger charge is 2.20. The lowest BCUT2D eigenvalue weighted by Gasteiger charge is -2.19. The van der Waals surface area contributed by atoms with E-state index in [-0.39, 0.29) is 5.41 Å². The normalized spacial score (nSPS) is 11.2. The van der Waals surface area contributed by atoms with E-state index in [1.165, 1.54) is 0 Å². The Hall–Kier alpha value is -3.35. The molecule has 0 amide bonds. The predicted octanol–water partition coefficient (Wildman–Crippen LogP) is 4.79. The Balaban J connectivity index is 1.88. The van der Waals surface area contributed by atoms with Gasteiger partial charge in [0.2, 0.25) is 11.9 Å². The molecule has 2 aromatic carbocycles. The Morgan fingerprint density at radius 1 is 0.600 bits per heavy atom. The van der Waals surface area contributed by atoms with Crippen molar-refractivity contribution in [1.82, 2.24) is 15.0 Å². The molecule has 7 heteroatoms. The van der Waals surface area contributed by atoms with Gasteiger partial charge < -0.3 is 20.4 Å². The van der Waals surface area contributed by atoms with Crippen molar-refractivity contribution < 1.29 is 0 Å². The summed E-state index contributed by atoms with van der Waals surface area (Å²) in [6, 6.07) is 16.3. The summed E-state index contributed by atoms with van der Waals surface area (Å²) in [5, 5.41) is 6.61. The zero-order valence-electron chi connectivity index (χ0n) is 18.9. The van der Waals surface area contributed by atoms with E-state index in [1.807, 2.05) is 52.5 Å². The Kier molecular flexibility index (Phi) is 6.10. The average Bonchev–Trinajstić information content (AvgIpc) is 2.68. The summed E-state index contributed by atoms with van der Waals surface area (Å²) in [6.45, 7) is 6.27. The molecule has 2 N–H and O–H groups in total. The number of nitrogens with zero attached hydrogens (tertiary/aromatic N) is 5. The third-order valence-electron chi connectivity index (χ3n) is 4.59. The van der Waals surface area contributed by atoms with Gasteiger partial charge in [0, 0.05) is 56.4 Å². The van der Waals surface area contributed by atoms with Gasteiger partial charge >= 0.3 is 0 Å². The van der Waals surface area contributed by atoms with Crippen LogP contribution in [0.4, 0.5) is 34.6 Å². The van der Waals surface area contributed by atoms with E-state index in [2.05, 4.69) is 80.4 Å². The van der Waals surface area contributed by atoms with Gasteiger partial charge in [0.1, 0.15) is 5.82 Å². The van der Waals surface area contributed by atoms with Crippen LogP contribution in [-0.2, 0) is 5.41 Å². The van der Waals surface area contributed by atoms with Crippen molar-refractivity contribution in [2.75, 3.05) is 48.6 Å². The maximum atomic E-state index is 4.65. The van der Waals surface area contributed by atoms with Crippen LogP contribution in [0.1, 0.15) is 26.6 Å². The van der Waals surface area contributed by atoms with Crippen molar-refractivity contribution in [2.45, 2.75) is 26.2 Å². The highest BCUT2D eigenvalue weighted by Crippen LogP contribution is 2.25. The van der Waals surface area contributed by atoms with E-state index < -0.39 is 0 Å². The molecule has 0 spiro atoms. The van der Waals surface area contributed by atoms with Gasteiger partial charge in [-0.2, -0.15) is 15.0 Å². The quantitative estimate of drug-likeness (QED) is 0.611. The Morgan fingerprint density at radius 2 is 0.967 bits per heavy atom. The Labute approximate surface area is 179 Å². The molecule has 1 aromatic heterocycles. The van der Waals surface area contributed by atoms with E-state index in [9.17, 15) is 0 Å². The monoisotopic (exact) mass is 405 g/mol. The molecule has 7 nitrogen and oxygen atoms in total. The minimum Gasteiger partial charge on any atom is -0.378 e. The van der Waals surface area contributed by atoms with Gasteiger partial charge in [-0.25, -0.2) is 0 Å². The van der Waals surface area contributed by atoms with Crippen LogP contribution in [0.15, 0.2) is 48.5 Å². The van der Waals surface area contributed by atoms with Gasteiger partial charge in [-0.3, -0.25) is 0 Å². The smallest absolute Gasteiger partial charge is 0.232 e. The van der Waals surface area contributed by atoms with Gasteiger partial charge in [0.15, 0.2) is 0 Å². The van der Waals surface area contributed by atoms with Gasteiger partial charge in [-0.05, 0) is 48.5 Å². The van der Waals surface area contributed by atoms with E-state index in [4.69, 9.17) is 0 Å². The summed E-state index contributed by atoms with van der Waals surface area (Å²) in [6.07, 6.45) is 0. The molecule has 3 rings (SSSR count). The van der Waals surface area contributed by atoms with Crippen molar-refractivity contribution in [3.05, 3.63) is 54.4 Å². The molecular formula is C23H31N7. The molecular weight excluding hydrogens is 374 g/mol. The molecule has 30 heavy (non-hydrogen) atoms. The summed E-state index contributed by atoms with van der Waals surface area (Å²) < 4.78 is 0. The fraction of sp³-hybridized carbons (Fsp3) is 0.348. The van der Waals surface area contributed by atoms with E-state index in [0.717, 1.165) is 28.6 Å². The lowest BCUT2D eigenvalue weighted by molar-refractivity contribution is 0.544. The van der Waals surface area contributed by atoms with Gasteiger partial charge in [0.05, 0.1) is 0 Å². The number of nitrogens with one attached hydrogen (secondary N) is 2. The second-order valence-corrected chi connectivity index (χ2v) is 8.69. The first kappa shape index (κ1) is 21.4. The zero-order valence-corrected chi connectivity index (χ0v) is 18.9. The standard InChI is InChI=1S/C23H31N7/c1-23(2,3)20-26-21(24-16-8-12-18(13-9-16)29(4)5)28-22(27-20)25-17-10-14-19(15-11-17)30(6)7/h8-15H,1-7H3,(H2,24,25,26,27,28). The lowest BCUT2D eigenvalue weighted by Crippen LogP contribution is -2.19. The number of hydrogen-bond donors (Lipinski definition) is 2. The Morgan fingerprint density at radius 3 is 1.27 bits per heavy atom. The molecule has 0 fully saturated rings. The number of anilines is 6. The minimum atomic E-state index is -0.209. The molecule has 0 radical (unpaired) electrons. The van der Waals surface area contributed by atoms with Crippen LogP contribution in [0.5, 0.6) is 0 Å². The maximum Gasteiger partial charge on any atom is 0.232 e. The third-order valence-corrected chi connectivity index (χ3v) is 4.59. The summed E-state index contributed by atoms with van der Waals surface area (Å²) in [5.41, 5.74) is 3.91. The highest BCUT2D eigenvalue weighted by atomic mass is 15.2. The lowest BCUT2D eigenvalue weighted by atomic mass is 9.96. The molecule has 3 aromatic rings. The fourth-order valence-corrected chi connectivity index (χ4v) is 2.77. The number of rotatable bonds is 6. The molecule has 1 heterocycles. The van der Waals surface area contributed by atoms with Crippen LogP contribution in [-0.4, -0.2) is 43.1 Å². The molecule has 0 saturated carbocycles. The SMILES string of the molecule is CN(C)c1ccc(Nc2nc(Nc3ccc(N(C)C)cc3)nc(C(C)(C)C)n2)cc1. The predicted molar refractivity (Wildman–Crippen MR) is 127 cm³/mol. The van der Waals surface area contributed by atoms with E-state index >= 15 is 0 Å². The first-order valence-electron chi connectivity index (χ1n) is 9.97. The van der Waals surface area contributed by atoms with Crippen LogP contribution in [0.3, 0.4) is 0 Å². The third kappa shape index (κ3) is 5.37. The topological polar surface area (TPSA) is 69.2 Å². The van der Waals surface area contributed by atoms with Crippen LogP contribution >= 0.6 is 0 Å². The molecule has 0 aliphatic heterocycles. The zero-order chi connectivity index (χ0) is 21.9. The van der Waals surface area contributed by atoms with Crippen molar-refractivity contribution in [3.63, 3.8) is 0 Å². The molecule has 158 valence electrons. The van der Waals surface area contributed by atoms with Crippen molar-refractivity contribution in [3.8, 4) is 0 Å². The van der Waals surface area contributed by atoms with Crippen molar-refractivity contribution in [1.29, 1.82) is 0 Å². The first-order chi connectivity index (χ1) is 14.1. The molecule has 0 aliphatic carbocycles. The molecule has 0 atom stereocenters. The second-order valence-electron chi connectivity index (χ2n) is 8.69. The summed E-state index contributed by atoms with van der Waals surface area (Å²) in [7, 11) is 8.08.